The van der Waals surface area contributed by atoms with Crippen molar-refractivity contribution < 1.29 is 9.59 Å². The molecule has 4 aromatic rings. The number of anilines is 3. The molecule has 208 valence electrons. The minimum atomic E-state index is 0.0704. The summed E-state index contributed by atoms with van der Waals surface area (Å²) in [5, 5.41) is 12.2. The van der Waals surface area contributed by atoms with E-state index < -0.39 is 0 Å². The molecular weight excluding hydrogens is 530 g/mol. The van der Waals surface area contributed by atoms with E-state index in [1.165, 1.54) is 11.5 Å². The van der Waals surface area contributed by atoms with Crippen molar-refractivity contribution in [3.63, 3.8) is 0 Å². The lowest BCUT2D eigenvalue weighted by Gasteiger charge is -2.41. The smallest absolute Gasteiger partial charge is 0.266 e. The Bertz CT molecular complexity index is 1510. The van der Waals surface area contributed by atoms with Crippen molar-refractivity contribution in [3.8, 4) is 0 Å². The lowest BCUT2D eigenvalue weighted by Crippen LogP contribution is -2.55. The molecule has 7 rings (SSSR count). The Hall–Kier alpha value is -4.04. The minimum absolute atomic E-state index is 0.0704. The van der Waals surface area contributed by atoms with Crippen molar-refractivity contribution in [1.29, 1.82) is 0 Å². The van der Waals surface area contributed by atoms with Gasteiger partial charge in [-0.2, -0.15) is 10.1 Å². The van der Waals surface area contributed by atoms with Gasteiger partial charge in [0, 0.05) is 69.9 Å². The van der Waals surface area contributed by atoms with Gasteiger partial charge in [0.1, 0.15) is 11.4 Å². The molecular formula is C26H31N11O2S. The van der Waals surface area contributed by atoms with Gasteiger partial charge in [-0.05, 0) is 49.6 Å². The van der Waals surface area contributed by atoms with Crippen LogP contribution in [0.2, 0.25) is 0 Å². The lowest BCUT2D eigenvalue weighted by molar-refractivity contribution is -0.133. The third kappa shape index (κ3) is 4.66. The Kier molecular flexibility index (Phi) is 6.35. The molecule has 2 atom stereocenters. The predicted molar refractivity (Wildman–Crippen MR) is 150 cm³/mol. The second-order valence-electron chi connectivity index (χ2n) is 10.7. The molecule has 40 heavy (non-hydrogen) atoms. The number of rotatable bonds is 6. The maximum atomic E-state index is 13.1. The summed E-state index contributed by atoms with van der Waals surface area (Å²) in [7, 11) is 2.07. The number of carbonyl (C=O) groups is 2. The number of hydrogen-bond acceptors (Lipinski definition) is 10. The highest BCUT2D eigenvalue weighted by Crippen LogP contribution is 2.35. The molecule has 2 amide bonds. The van der Waals surface area contributed by atoms with Gasteiger partial charge >= 0.3 is 0 Å². The topological polar surface area (TPSA) is 120 Å². The summed E-state index contributed by atoms with van der Waals surface area (Å²) >= 11 is 1.26. The Morgan fingerprint density at radius 3 is 2.65 bits per heavy atom. The minimum Gasteiger partial charge on any atom is -0.364 e. The van der Waals surface area contributed by atoms with Crippen LogP contribution in [0.4, 0.5) is 17.3 Å². The zero-order valence-corrected chi connectivity index (χ0v) is 23.1. The average Bonchev–Trinajstić information content (AvgIpc) is 3.76. The standard InChI is InChI=1S/C26H31N11O2S/c1-32-9-11-33(12-10-32)23(38)17-35-14-18(13-27-35)29-26-30-24-21(3-2-8-36(24)31-26)34-15-19-4-5-20(16-34)37(19)25(39)22-6-7-28-40-22/h2-3,6-8,13-14,19-20H,4-5,9-12,15-17H2,1H3,(H,29,31). The Morgan fingerprint density at radius 1 is 1.10 bits per heavy atom. The van der Waals surface area contributed by atoms with Gasteiger partial charge in [-0.25, -0.2) is 8.89 Å². The molecule has 0 aromatic carbocycles. The first-order chi connectivity index (χ1) is 19.5. The van der Waals surface area contributed by atoms with Crippen LogP contribution in [-0.4, -0.2) is 114 Å². The van der Waals surface area contributed by atoms with E-state index in [-0.39, 0.29) is 30.4 Å². The van der Waals surface area contributed by atoms with E-state index in [2.05, 4.69) is 47.7 Å². The van der Waals surface area contributed by atoms with E-state index in [4.69, 9.17) is 4.98 Å². The molecule has 0 spiro atoms. The quantitative estimate of drug-likeness (QED) is 0.372. The number of fused-ring (bicyclic) bond motifs is 3. The van der Waals surface area contributed by atoms with Gasteiger partial charge in [-0.1, -0.05) is 0 Å². The molecule has 3 saturated heterocycles. The van der Waals surface area contributed by atoms with Crippen LogP contribution in [0.1, 0.15) is 22.5 Å². The van der Waals surface area contributed by atoms with Crippen LogP contribution in [0, 0.1) is 0 Å². The Labute approximate surface area is 235 Å². The highest BCUT2D eigenvalue weighted by atomic mass is 32.1. The molecule has 4 aromatic heterocycles. The third-order valence-electron chi connectivity index (χ3n) is 8.09. The number of pyridine rings is 1. The molecule has 14 heteroatoms. The van der Waals surface area contributed by atoms with E-state index in [1.54, 1.807) is 33.9 Å². The monoisotopic (exact) mass is 561 g/mol. The summed E-state index contributed by atoms with van der Waals surface area (Å²) in [5.74, 6) is 0.619. The molecule has 13 nitrogen and oxygen atoms in total. The third-order valence-corrected chi connectivity index (χ3v) is 8.82. The van der Waals surface area contributed by atoms with E-state index >= 15 is 0 Å². The fourth-order valence-electron chi connectivity index (χ4n) is 6.01. The molecule has 7 heterocycles. The molecule has 0 aliphatic carbocycles. The van der Waals surface area contributed by atoms with Crippen molar-refractivity contribution in [2.45, 2.75) is 31.5 Å². The number of aromatic nitrogens is 6. The van der Waals surface area contributed by atoms with Crippen LogP contribution in [0.15, 0.2) is 43.0 Å². The van der Waals surface area contributed by atoms with Gasteiger partial charge < -0.3 is 24.9 Å². The Balaban J connectivity index is 1.04. The van der Waals surface area contributed by atoms with E-state index in [0.717, 1.165) is 69.1 Å². The summed E-state index contributed by atoms with van der Waals surface area (Å²) in [6.45, 7) is 4.98. The van der Waals surface area contributed by atoms with E-state index in [0.29, 0.717) is 10.8 Å². The first-order valence-corrected chi connectivity index (χ1v) is 14.4. The summed E-state index contributed by atoms with van der Waals surface area (Å²) in [5.41, 5.74) is 2.47. The van der Waals surface area contributed by atoms with Crippen molar-refractivity contribution in [1.82, 2.24) is 43.5 Å². The van der Waals surface area contributed by atoms with Crippen molar-refractivity contribution in [2.75, 3.05) is 56.5 Å². The number of hydrogen-bond donors (Lipinski definition) is 1. The second kappa shape index (κ2) is 10.2. The summed E-state index contributed by atoms with van der Waals surface area (Å²) in [4.78, 5) is 39.8. The number of nitrogens with one attached hydrogen (secondary N) is 1. The second-order valence-corrected chi connectivity index (χ2v) is 11.5. The predicted octanol–water partition coefficient (Wildman–Crippen LogP) is 1.39. The van der Waals surface area contributed by atoms with Gasteiger partial charge in [0.15, 0.2) is 5.65 Å². The molecule has 1 N–H and O–H groups in total. The van der Waals surface area contributed by atoms with Gasteiger partial charge in [0.25, 0.3) is 5.91 Å². The molecule has 0 saturated carbocycles. The molecule has 2 bridgehead atoms. The first-order valence-electron chi connectivity index (χ1n) is 13.6. The van der Waals surface area contributed by atoms with Gasteiger partial charge in [0.05, 0.1) is 17.6 Å². The van der Waals surface area contributed by atoms with Crippen LogP contribution >= 0.6 is 11.5 Å². The maximum absolute atomic E-state index is 13.1. The zero-order chi connectivity index (χ0) is 27.2. The van der Waals surface area contributed by atoms with Crippen molar-refractivity contribution >= 4 is 46.3 Å². The first kappa shape index (κ1) is 25.0. The number of piperazine rings is 2. The molecule has 2 unspecified atom stereocenters. The van der Waals surface area contributed by atoms with Crippen LogP contribution in [0.5, 0.6) is 0 Å². The van der Waals surface area contributed by atoms with Crippen LogP contribution in [0.25, 0.3) is 5.65 Å². The fourth-order valence-corrected chi connectivity index (χ4v) is 6.56. The van der Waals surface area contributed by atoms with E-state index in [1.807, 2.05) is 17.2 Å². The van der Waals surface area contributed by atoms with Crippen molar-refractivity contribution in [2.24, 2.45) is 0 Å². The number of amides is 2. The summed E-state index contributed by atoms with van der Waals surface area (Å²) in [6.07, 6.45) is 9.05. The highest BCUT2D eigenvalue weighted by Gasteiger charge is 2.43. The number of likely N-dealkylation sites (N-methyl/N-ethyl adjacent to an activating group) is 1. The van der Waals surface area contributed by atoms with Gasteiger partial charge in [0.2, 0.25) is 11.9 Å². The SMILES string of the molecule is CN1CCN(C(=O)Cn2cc(Nc3nc4c(N5CC6CCC(C5)N6C(=O)c5ccns5)cccn4n3)cn2)CC1. The number of carbonyl (C=O) groups excluding carboxylic acids is 2. The number of nitrogens with zero attached hydrogens (tertiary/aromatic N) is 10. The highest BCUT2D eigenvalue weighted by molar-refractivity contribution is 7.08. The van der Waals surface area contributed by atoms with Crippen molar-refractivity contribution in [3.05, 3.63) is 47.9 Å². The van der Waals surface area contributed by atoms with Crippen LogP contribution < -0.4 is 10.2 Å². The summed E-state index contributed by atoms with van der Waals surface area (Å²) in [6, 6.07) is 6.16. The molecule has 3 aliphatic heterocycles. The zero-order valence-electron chi connectivity index (χ0n) is 22.3. The van der Waals surface area contributed by atoms with Gasteiger partial charge in [-0.3, -0.25) is 14.3 Å². The normalized spacial score (nSPS) is 21.4. The Morgan fingerprint density at radius 2 is 1.90 bits per heavy atom. The van der Waals surface area contributed by atoms with Crippen LogP contribution in [-0.2, 0) is 11.3 Å². The molecule has 0 radical (unpaired) electrons. The van der Waals surface area contributed by atoms with E-state index in [9.17, 15) is 9.59 Å². The lowest BCUT2D eigenvalue weighted by atomic mass is 10.1. The average molecular weight is 562 g/mol. The summed E-state index contributed by atoms with van der Waals surface area (Å²) < 4.78 is 7.53. The molecule has 3 aliphatic rings. The maximum Gasteiger partial charge on any atom is 0.266 e. The molecule has 3 fully saturated rings. The largest absolute Gasteiger partial charge is 0.364 e. The van der Waals surface area contributed by atoms with Gasteiger partial charge in [-0.15, -0.1) is 5.10 Å². The van der Waals surface area contributed by atoms with Crippen LogP contribution in [0.3, 0.4) is 0 Å². The fraction of sp³-hybridized carbons (Fsp3) is 0.462.